The van der Waals surface area contributed by atoms with Crippen LogP contribution in [0.2, 0.25) is 0 Å². The molecule has 0 aliphatic heterocycles. The third-order valence-corrected chi connectivity index (χ3v) is 6.06. The summed E-state index contributed by atoms with van der Waals surface area (Å²) in [5.74, 6) is -0.720. The number of carbonyl (C=O) groups excluding carboxylic acids is 1. The second-order valence-corrected chi connectivity index (χ2v) is 9.60. The third kappa shape index (κ3) is 7.37. The van der Waals surface area contributed by atoms with Crippen LogP contribution in [0.1, 0.15) is 46.6 Å². The van der Waals surface area contributed by atoms with Crippen molar-refractivity contribution in [2.45, 2.75) is 52.3 Å². The lowest BCUT2D eigenvalue weighted by atomic mass is 10.1. The van der Waals surface area contributed by atoms with Gasteiger partial charge in [-0.05, 0) is 51.8 Å². The molecule has 0 aliphatic carbocycles. The molecule has 5 nitrogen and oxygen atoms in total. The van der Waals surface area contributed by atoms with Crippen LogP contribution in [-0.4, -0.2) is 45.4 Å². The van der Waals surface area contributed by atoms with E-state index in [9.17, 15) is 13.7 Å². The van der Waals surface area contributed by atoms with Crippen molar-refractivity contribution < 1.29 is 13.7 Å². The molecule has 1 N–H and O–H groups in total. The molecule has 1 aromatic carbocycles. The Morgan fingerprint density at radius 2 is 1.96 bits per heavy atom. The number of nitrogens with one attached hydrogen (secondary N) is 1. The molecule has 0 spiro atoms. The van der Waals surface area contributed by atoms with Crippen molar-refractivity contribution in [3.8, 4) is 0 Å². The first-order valence-corrected chi connectivity index (χ1v) is 10.6. The molecule has 1 rings (SSSR count). The van der Waals surface area contributed by atoms with Crippen LogP contribution >= 0.6 is 0 Å². The maximum absolute atomic E-state index is 13.7. The predicted octanol–water partition coefficient (Wildman–Crippen LogP) is 3.63. The van der Waals surface area contributed by atoms with Gasteiger partial charge in [-0.1, -0.05) is 25.1 Å². The number of likely N-dealkylation sites (N-methyl/N-ethyl adjacent to an activating group) is 1. The summed E-state index contributed by atoms with van der Waals surface area (Å²) in [6, 6.07) is 6.33. The van der Waals surface area contributed by atoms with Crippen LogP contribution < -0.4 is 5.32 Å². The number of carbonyl (C=O) groups is 1. The highest BCUT2D eigenvalue weighted by Crippen LogP contribution is 2.21. The summed E-state index contributed by atoms with van der Waals surface area (Å²) < 4.78 is 27.9. The minimum Gasteiger partial charge on any atom is -0.597 e. The number of benzene rings is 1. The number of aliphatic imine (C=N–C) groups is 1. The average molecular weight is 410 g/mol. The first-order chi connectivity index (χ1) is 13.1. The third-order valence-electron chi connectivity index (χ3n) is 4.16. The Balaban J connectivity index is 2.86. The summed E-state index contributed by atoms with van der Waals surface area (Å²) in [6.07, 6.45) is 2.44. The van der Waals surface area contributed by atoms with Crippen LogP contribution in [0, 0.1) is 5.82 Å². The standard InChI is InChI=1S/C21H32FN3O2S/c1-7-16(15-25(8-2)28(27)21(3,4)5)13-19(23-6)20(26)24-14-17-11-9-10-12-18(17)22/h9-13H,7-8,14-15H2,1-6H3,(H,24,26)/b16-13+,23-19+/t28-/m1/s1. The lowest BCUT2D eigenvalue weighted by Crippen LogP contribution is -2.43. The van der Waals surface area contributed by atoms with Gasteiger partial charge in [0.1, 0.15) is 16.3 Å². The number of hydrogen-bond donors (Lipinski definition) is 1. The van der Waals surface area contributed by atoms with E-state index < -0.39 is 11.4 Å². The second-order valence-electron chi connectivity index (χ2n) is 7.36. The van der Waals surface area contributed by atoms with Gasteiger partial charge in [0.25, 0.3) is 5.91 Å². The highest BCUT2D eigenvalue weighted by molar-refractivity contribution is 7.90. The second kappa shape index (κ2) is 11.3. The number of hydrogen-bond acceptors (Lipinski definition) is 4. The first kappa shape index (κ1) is 24.3. The first-order valence-electron chi connectivity index (χ1n) is 9.48. The van der Waals surface area contributed by atoms with Gasteiger partial charge < -0.3 is 9.87 Å². The number of rotatable bonds is 9. The van der Waals surface area contributed by atoms with Gasteiger partial charge in [0.2, 0.25) is 0 Å². The fraction of sp³-hybridized carbons (Fsp3) is 0.524. The monoisotopic (exact) mass is 409 g/mol. The van der Waals surface area contributed by atoms with Crippen molar-refractivity contribution in [1.29, 1.82) is 0 Å². The van der Waals surface area contributed by atoms with E-state index in [0.717, 1.165) is 5.57 Å². The number of amides is 1. The Labute approximate surface area is 171 Å². The minimum atomic E-state index is -1.15. The average Bonchev–Trinajstić information content (AvgIpc) is 2.66. The molecule has 156 valence electrons. The Hall–Kier alpha value is -1.70. The molecule has 1 amide bonds. The fourth-order valence-electron chi connectivity index (χ4n) is 2.49. The number of nitrogens with zero attached hydrogens (tertiary/aromatic N) is 2. The van der Waals surface area contributed by atoms with Crippen LogP contribution in [0.25, 0.3) is 0 Å². The summed E-state index contributed by atoms with van der Waals surface area (Å²) in [6.45, 7) is 11.0. The van der Waals surface area contributed by atoms with E-state index in [1.165, 1.54) is 6.07 Å². The lowest BCUT2D eigenvalue weighted by Gasteiger charge is -2.32. The van der Waals surface area contributed by atoms with E-state index in [0.29, 0.717) is 25.1 Å². The van der Waals surface area contributed by atoms with Gasteiger partial charge in [0.15, 0.2) is 0 Å². The molecule has 0 saturated heterocycles. The summed E-state index contributed by atoms with van der Waals surface area (Å²) in [7, 11) is 1.55. The quantitative estimate of drug-likeness (QED) is 0.500. The van der Waals surface area contributed by atoms with Crippen molar-refractivity contribution >= 4 is 23.0 Å². The molecule has 1 atom stereocenters. The Bertz CT molecular complexity index is 714. The zero-order valence-electron chi connectivity index (χ0n) is 17.7. The Morgan fingerprint density at radius 3 is 2.46 bits per heavy atom. The summed E-state index contributed by atoms with van der Waals surface area (Å²) in [5.41, 5.74) is 1.65. The van der Waals surface area contributed by atoms with Gasteiger partial charge in [0, 0.05) is 37.1 Å². The molecular weight excluding hydrogens is 377 g/mol. The molecule has 28 heavy (non-hydrogen) atoms. The van der Waals surface area contributed by atoms with Crippen LogP contribution in [0.3, 0.4) is 0 Å². The molecule has 1 aromatic rings. The van der Waals surface area contributed by atoms with E-state index in [1.54, 1.807) is 31.3 Å². The molecule has 0 saturated carbocycles. The van der Waals surface area contributed by atoms with Crippen LogP contribution in [-0.2, 0) is 22.7 Å². The zero-order chi connectivity index (χ0) is 21.3. The fourth-order valence-corrected chi connectivity index (χ4v) is 3.79. The van der Waals surface area contributed by atoms with E-state index in [4.69, 9.17) is 0 Å². The maximum Gasteiger partial charge on any atom is 0.269 e. The molecule has 7 heteroatoms. The summed E-state index contributed by atoms with van der Waals surface area (Å²) in [5, 5.41) is 2.71. The van der Waals surface area contributed by atoms with E-state index in [-0.39, 0.29) is 28.7 Å². The van der Waals surface area contributed by atoms with E-state index >= 15 is 0 Å². The van der Waals surface area contributed by atoms with Gasteiger partial charge in [-0.3, -0.25) is 9.79 Å². The van der Waals surface area contributed by atoms with E-state index in [1.807, 2.05) is 38.9 Å². The summed E-state index contributed by atoms with van der Waals surface area (Å²) in [4.78, 5) is 16.6. The van der Waals surface area contributed by atoms with Crippen LogP contribution in [0.5, 0.6) is 0 Å². The molecular formula is C21H32FN3O2S. The minimum absolute atomic E-state index is 0.0922. The molecule has 0 heterocycles. The molecule has 0 unspecified atom stereocenters. The van der Waals surface area contributed by atoms with Crippen molar-refractivity contribution in [2.24, 2.45) is 4.99 Å². The Morgan fingerprint density at radius 1 is 1.32 bits per heavy atom. The normalized spacial score (nSPS) is 14.3. The zero-order valence-corrected chi connectivity index (χ0v) is 18.5. The van der Waals surface area contributed by atoms with Crippen molar-refractivity contribution in [1.82, 2.24) is 9.62 Å². The van der Waals surface area contributed by atoms with Crippen molar-refractivity contribution in [3.63, 3.8) is 0 Å². The van der Waals surface area contributed by atoms with Crippen LogP contribution in [0.4, 0.5) is 4.39 Å². The Kier molecular flexibility index (Phi) is 9.85. The van der Waals surface area contributed by atoms with Gasteiger partial charge in [0.05, 0.1) is 6.54 Å². The highest BCUT2D eigenvalue weighted by Gasteiger charge is 2.32. The lowest BCUT2D eigenvalue weighted by molar-refractivity contribution is -0.114. The van der Waals surface area contributed by atoms with E-state index in [2.05, 4.69) is 10.3 Å². The highest BCUT2D eigenvalue weighted by atomic mass is 32.2. The summed E-state index contributed by atoms with van der Waals surface area (Å²) >= 11 is -1.15. The topological polar surface area (TPSA) is 67.8 Å². The van der Waals surface area contributed by atoms with Gasteiger partial charge >= 0.3 is 0 Å². The molecule has 0 fully saturated rings. The molecule has 0 bridgehead atoms. The largest absolute Gasteiger partial charge is 0.597 e. The predicted molar refractivity (Wildman–Crippen MR) is 115 cm³/mol. The van der Waals surface area contributed by atoms with Crippen molar-refractivity contribution in [3.05, 3.63) is 47.3 Å². The SMILES string of the molecule is CC/C(=C\C(=N/C)C(=O)NCc1ccccc1F)CN(CC)[S@+]([O-])C(C)(C)C. The van der Waals surface area contributed by atoms with Gasteiger partial charge in [-0.25, -0.2) is 4.39 Å². The number of halogens is 1. The molecule has 0 radical (unpaired) electrons. The molecule has 0 aromatic heterocycles. The molecule has 0 aliphatic rings. The van der Waals surface area contributed by atoms with Crippen molar-refractivity contribution in [2.75, 3.05) is 20.1 Å². The maximum atomic E-state index is 13.7. The van der Waals surface area contributed by atoms with Crippen LogP contribution in [0.15, 0.2) is 40.9 Å². The van der Waals surface area contributed by atoms with Gasteiger partial charge in [-0.15, -0.1) is 4.31 Å². The van der Waals surface area contributed by atoms with Gasteiger partial charge in [-0.2, -0.15) is 0 Å². The smallest absolute Gasteiger partial charge is 0.269 e.